The van der Waals surface area contributed by atoms with Crippen LogP contribution in [0.1, 0.15) is 16.8 Å². The number of nitrogens with zero attached hydrogens (tertiary/aromatic N) is 2. The number of hydrogen-bond donors (Lipinski definition) is 1. The molecule has 30 heavy (non-hydrogen) atoms. The summed E-state index contributed by atoms with van der Waals surface area (Å²) in [4.78, 5) is 22.9. The fourth-order valence-corrected chi connectivity index (χ4v) is 3.02. The number of aryl methyl sites for hydroxylation is 1. The van der Waals surface area contributed by atoms with Crippen molar-refractivity contribution in [3.63, 3.8) is 0 Å². The molecular weight excluding hydrogens is 470 g/mol. The number of rotatable bonds is 7. The van der Waals surface area contributed by atoms with Crippen molar-refractivity contribution in [3.8, 4) is 0 Å². The number of amides is 1. The number of ether oxygens (including phenoxy) is 1. The maximum Gasteiger partial charge on any atom is 0.405 e. The molecule has 1 heterocycles. The Morgan fingerprint density at radius 1 is 1.27 bits per heavy atom. The van der Waals surface area contributed by atoms with Crippen LogP contribution in [0.5, 0.6) is 0 Å². The van der Waals surface area contributed by atoms with E-state index in [0.717, 1.165) is 11.6 Å². The molecule has 0 aliphatic rings. The third-order valence-electron chi connectivity index (χ3n) is 3.66. The van der Waals surface area contributed by atoms with Gasteiger partial charge >= 0.3 is 12.1 Å². The topological polar surface area (TPSA) is 73.2 Å². The number of esters is 1. The fourth-order valence-electron chi connectivity index (χ4n) is 2.26. The van der Waals surface area contributed by atoms with Gasteiger partial charge in [0.15, 0.2) is 6.61 Å². The summed E-state index contributed by atoms with van der Waals surface area (Å²) in [6, 6.07) is 4.99. The quantitative estimate of drug-likeness (QED) is 0.466. The van der Waals surface area contributed by atoms with Gasteiger partial charge < -0.3 is 10.1 Å². The van der Waals surface area contributed by atoms with E-state index in [4.69, 9.17) is 34.8 Å². The molecule has 0 saturated heterocycles. The highest BCUT2D eigenvalue weighted by Crippen LogP contribution is 2.26. The predicted molar refractivity (Wildman–Crippen MR) is 107 cm³/mol. The molecule has 0 aliphatic heterocycles. The van der Waals surface area contributed by atoms with E-state index in [1.807, 2.05) is 0 Å². The number of hydrogen-bond acceptors (Lipinski definition) is 4. The Balaban J connectivity index is 1.98. The summed E-state index contributed by atoms with van der Waals surface area (Å²) in [5.41, 5.74) is 1.67. The van der Waals surface area contributed by atoms with E-state index < -0.39 is 31.2 Å². The molecule has 1 N–H and O–H groups in total. The zero-order valence-electron chi connectivity index (χ0n) is 15.4. The van der Waals surface area contributed by atoms with Crippen molar-refractivity contribution in [1.29, 1.82) is 0 Å². The highest BCUT2D eigenvalue weighted by molar-refractivity contribution is 6.35. The summed E-state index contributed by atoms with van der Waals surface area (Å²) >= 11 is 18.3. The molecule has 0 atom stereocenters. The largest absolute Gasteiger partial charge is 0.452 e. The van der Waals surface area contributed by atoms with E-state index in [-0.39, 0.29) is 11.7 Å². The molecule has 0 saturated carbocycles. The summed E-state index contributed by atoms with van der Waals surface area (Å²) < 4.78 is 42.1. The Labute approximate surface area is 184 Å². The molecule has 1 amide bonds. The second kappa shape index (κ2) is 10.2. The van der Waals surface area contributed by atoms with Gasteiger partial charge in [0.25, 0.3) is 5.91 Å². The van der Waals surface area contributed by atoms with E-state index in [2.05, 4.69) is 9.84 Å². The molecule has 0 spiro atoms. The maximum absolute atomic E-state index is 12.0. The number of carbonyl (C=O) groups excluding carboxylic acids is 2. The molecule has 162 valence electrons. The summed E-state index contributed by atoms with van der Waals surface area (Å²) in [6.45, 7) is -0.431. The van der Waals surface area contributed by atoms with Gasteiger partial charge in [0, 0.05) is 21.7 Å². The smallest absolute Gasteiger partial charge is 0.405 e. The number of aromatic nitrogens is 2. The Morgan fingerprint density at radius 2 is 1.97 bits per heavy atom. The van der Waals surface area contributed by atoms with E-state index in [0.29, 0.717) is 21.3 Å². The van der Waals surface area contributed by atoms with Gasteiger partial charge in [-0.2, -0.15) is 18.3 Å². The Bertz CT molecular complexity index is 975. The first-order valence-electron chi connectivity index (χ1n) is 8.31. The summed E-state index contributed by atoms with van der Waals surface area (Å²) in [7, 11) is 0. The third kappa shape index (κ3) is 7.23. The molecule has 0 fully saturated rings. The van der Waals surface area contributed by atoms with Crippen LogP contribution < -0.4 is 5.32 Å². The fraction of sp³-hybridized carbons (Fsp3) is 0.278. The van der Waals surface area contributed by atoms with Crippen molar-refractivity contribution in [2.75, 3.05) is 13.2 Å². The Hall–Kier alpha value is -2.23. The SMILES string of the molecule is Cc1nn(Cc2ccc(Cl)cc2Cl)c(Cl)c1/C=C/C(=O)OCC(=O)NCC(F)(F)F. The van der Waals surface area contributed by atoms with Crippen LogP contribution in [0.3, 0.4) is 0 Å². The lowest BCUT2D eigenvalue weighted by molar-refractivity contribution is -0.148. The first-order chi connectivity index (χ1) is 14.0. The molecule has 0 bridgehead atoms. The average molecular weight is 485 g/mol. The second-order valence-corrected chi connectivity index (χ2v) is 7.22. The van der Waals surface area contributed by atoms with Gasteiger partial charge in [-0.15, -0.1) is 0 Å². The molecule has 12 heteroatoms. The van der Waals surface area contributed by atoms with Gasteiger partial charge in [-0.25, -0.2) is 9.48 Å². The van der Waals surface area contributed by atoms with Crippen molar-refractivity contribution in [1.82, 2.24) is 15.1 Å². The van der Waals surface area contributed by atoms with Crippen molar-refractivity contribution >= 4 is 52.8 Å². The van der Waals surface area contributed by atoms with Crippen LogP contribution >= 0.6 is 34.8 Å². The van der Waals surface area contributed by atoms with Gasteiger partial charge in [-0.05, 0) is 30.7 Å². The highest BCUT2D eigenvalue weighted by Gasteiger charge is 2.27. The summed E-state index contributed by atoms with van der Waals surface area (Å²) in [6.07, 6.45) is -2.22. The number of nitrogens with one attached hydrogen (secondary N) is 1. The Morgan fingerprint density at radius 3 is 2.60 bits per heavy atom. The minimum absolute atomic E-state index is 0.227. The second-order valence-electron chi connectivity index (χ2n) is 6.02. The van der Waals surface area contributed by atoms with E-state index in [1.54, 1.807) is 30.4 Å². The summed E-state index contributed by atoms with van der Waals surface area (Å²) in [5.74, 6) is -2.00. The number of benzene rings is 1. The van der Waals surface area contributed by atoms with Gasteiger partial charge in [-0.3, -0.25) is 4.79 Å². The zero-order valence-corrected chi connectivity index (χ0v) is 17.7. The lowest BCUT2D eigenvalue weighted by atomic mass is 10.2. The van der Waals surface area contributed by atoms with Crippen LogP contribution in [-0.2, 0) is 20.9 Å². The van der Waals surface area contributed by atoms with E-state index in [9.17, 15) is 22.8 Å². The molecule has 1 aromatic heterocycles. The number of carbonyl (C=O) groups is 2. The zero-order chi connectivity index (χ0) is 22.5. The molecule has 0 radical (unpaired) electrons. The highest BCUT2D eigenvalue weighted by atomic mass is 35.5. The van der Waals surface area contributed by atoms with Gasteiger partial charge in [-0.1, -0.05) is 40.9 Å². The standard InChI is InChI=1S/C18H15Cl3F3N3O3/c1-10-13(4-5-16(29)30-8-15(28)25-9-18(22,23)24)17(21)27(26-10)7-11-2-3-12(19)6-14(11)20/h2-6H,7-9H2,1H3,(H,25,28)/b5-4+. The number of alkyl halides is 3. The van der Waals surface area contributed by atoms with Gasteiger partial charge in [0.1, 0.15) is 11.7 Å². The first-order valence-corrected chi connectivity index (χ1v) is 9.45. The molecule has 2 aromatic rings. The molecule has 6 nitrogen and oxygen atoms in total. The minimum atomic E-state index is -4.55. The molecule has 1 aromatic carbocycles. The predicted octanol–water partition coefficient (Wildman–Crippen LogP) is 4.43. The Kier molecular flexibility index (Phi) is 8.17. The normalized spacial score (nSPS) is 11.7. The van der Waals surface area contributed by atoms with Gasteiger partial charge in [0.05, 0.1) is 12.2 Å². The van der Waals surface area contributed by atoms with Crippen LogP contribution in [-0.4, -0.2) is 41.0 Å². The lowest BCUT2D eigenvalue weighted by Crippen LogP contribution is -2.36. The molecule has 0 aliphatic carbocycles. The molecule has 2 rings (SSSR count). The molecular formula is C18H15Cl3F3N3O3. The number of halogens is 6. The van der Waals surface area contributed by atoms with Crippen LogP contribution in [0, 0.1) is 6.92 Å². The molecule has 0 unspecified atom stereocenters. The maximum atomic E-state index is 12.0. The van der Waals surface area contributed by atoms with Crippen LogP contribution in [0.4, 0.5) is 13.2 Å². The third-order valence-corrected chi connectivity index (χ3v) is 4.65. The van der Waals surface area contributed by atoms with Crippen LogP contribution in [0.15, 0.2) is 24.3 Å². The summed E-state index contributed by atoms with van der Waals surface area (Å²) in [5, 5.41) is 7.03. The van der Waals surface area contributed by atoms with Crippen LogP contribution in [0.25, 0.3) is 6.08 Å². The van der Waals surface area contributed by atoms with Crippen molar-refractivity contribution in [3.05, 3.63) is 56.3 Å². The van der Waals surface area contributed by atoms with Crippen molar-refractivity contribution < 1.29 is 27.5 Å². The van der Waals surface area contributed by atoms with Crippen molar-refractivity contribution in [2.45, 2.75) is 19.6 Å². The van der Waals surface area contributed by atoms with E-state index in [1.165, 1.54) is 10.8 Å². The lowest BCUT2D eigenvalue weighted by Gasteiger charge is -2.07. The monoisotopic (exact) mass is 483 g/mol. The van der Waals surface area contributed by atoms with Gasteiger partial charge in [0.2, 0.25) is 0 Å². The van der Waals surface area contributed by atoms with Crippen molar-refractivity contribution in [2.24, 2.45) is 0 Å². The first kappa shape index (κ1) is 24.0. The minimum Gasteiger partial charge on any atom is -0.452 e. The average Bonchev–Trinajstić information content (AvgIpc) is 2.91. The van der Waals surface area contributed by atoms with E-state index >= 15 is 0 Å². The van der Waals surface area contributed by atoms with Crippen LogP contribution in [0.2, 0.25) is 15.2 Å².